The van der Waals surface area contributed by atoms with Gasteiger partial charge in [0, 0.05) is 32.0 Å². The fraction of sp³-hybridized carbons (Fsp3) is 0.647. The van der Waals surface area contributed by atoms with E-state index in [2.05, 4.69) is 41.4 Å². The Labute approximate surface area is 268 Å². The second kappa shape index (κ2) is 27.7. The molecule has 0 aliphatic carbocycles. The van der Waals surface area contributed by atoms with E-state index < -0.39 is 19.1 Å². The van der Waals surface area contributed by atoms with E-state index in [9.17, 15) is 9.59 Å². The van der Waals surface area contributed by atoms with Gasteiger partial charge in [-0.25, -0.2) is 4.98 Å². The van der Waals surface area contributed by atoms with E-state index in [0.717, 1.165) is 24.9 Å². The van der Waals surface area contributed by atoms with E-state index >= 15 is 0 Å². The van der Waals surface area contributed by atoms with Gasteiger partial charge in [-0.1, -0.05) is 104 Å². The molecule has 4 N–H and O–H groups in total. The van der Waals surface area contributed by atoms with Gasteiger partial charge in [0.2, 0.25) is 5.91 Å². The second-order valence-electron chi connectivity index (χ2n) is 10.9. The molecule has 44 heavy (non-hydrogen) atoms. The van der Waals surface area contributed by atoms with Crippen molar-refractivity contribution in [3.8, 4) is 0 Å². The minimum absolute atomic E-state index is 0.155. The topological polar surface area (TPSA) is 128 Å². The van der Waals surface area contributed by atoms with Crippen molar-refractivity contribution in [3.63, 3.8) is 0 Å². The molecule has 0 spiro atoms. The number of nitrogens with one attached hydrogen (secondary N) is 2. The van der Waals surface area contributed by atoms with Gasteiger partial charge in [0.15, 0.2) is 0 Å². The molecule has 10 heteroatoms. The molecule has 1 heterocycles. The lowest BCUT2D eigenvalue weighted by atomic mass is 9.73. The lowest BCUT2D eigenvalue weighted by Crippen LogP contribution is -2.56. The fourth-order valence-electron chi connectivity index (χ4n) is 4.23. The smallest absolute Gasteiger partial charge is 0.410 e. The third kappa shape index (κ3) is 19.5. The van der Waals surface area contributed by atoms with Gasteiger partial charge in [-0.2, -0.15) is 0 Å². The number of nitrogens with two attached hydrogens (primary N) is 1. The molecule has 2 aromatic rings. The van der Waals surface area contributed by atoms with Crippen LogP contribution in [0, 0.1) is 5.92 Å². The molecular weight excluding hydrogens is 553 g/mol. The SMILES string of the molecule is CC.CCCCCCCN.CCCOB(OCCC)[C@H](CC(C)C)NC(=O)[C@H](Cc1ccccc1)NC(=O)c1cnccn1. The number of hydrogen-bond acceptors (Lipinski definition) is 7. The predicted molar refractivity (Wildman–Crippen MR) is 182 cm³/mol. The van der Waals surface area contributed by atoms with Crippen molar-refractivity contribution in [3.05, 3.63) is 60.2 Å². The lowest BCUT2D eigenvalue weighted by molar-refractivity contribution is -0.123. The Morgan fingerprint density at radius 1 is 0.886 bits per heavy atom. The largest absolute Gasteiger partial charge is 0.480 e. The average Bonchev–Trinajstić information content (AvgIpc) is 3.04. The number of carbonyl (C=O) groups is 2. The van der Waals surface area contributed by atoms with Crippen LogP contribution in [-0.2, 0) is 20.5 Å². The summed E-state index contributed by atoms with van der Waals surface area (Å²) in [6, 6.07) is 8.78. The molecule has 0 aliphatic rings. The summed E-state index contributed by atoms with van der Waals surface area (Å²) in [5.74, 6) is -0.787. The Morgan fingerprint density at radius 2 is 1.52 bits per heavy atom. The molecule has 0 fully saturated rings. The van der Waals surface area contributed by atoms with Crippen LogP contribution in [-0.4, -0.2) is 60.6 Å². The average molecular weight is 614 g/mol. The number of carbonyl (C=O) groups excluding carboxylic acids is 2. The van der Waals surface area contributed by atoms with Crippen molar-refractivity contribution in [2.24, 2.45) is 11.7 Å². The standard InChI is InChI=1S/C25H37BN4O4.C7H17N.C2H6/c1-5-14-33-26(34-15-6-2)23(16-19(3)4)30-24(31)21(17-20-10-8-7-9-11-20)29-25(32)22-18-27-12-13-28-22;1-2-3-4-5-6-7-8;1-2/h7-13,18-19,21,23H,5-6,14-17H2,1-4H3,(H,29,32)(H,30,31);2-8H2,1H3;1-2H3/t21-,23-;;/m0../s1. The van der Waals surface area contributed by atoms with E-state index in [1.165, 1.54) is 50.7 Å². The summed E-state index contributed by atoms with van der Waals surface area (Å²) in [5.41, 5.74) is 6.40. The van der Waals surface area contributed by atoms with Crippen LogP contribution in [0.1, 0.15) is 116 Å². The normalized spacial score (nSPS) is 11.8. The van der Waals surface area contributed by atoms with Gasteiger partial charge < -0.3 is 25.7 Å². The first-order valence-corrected chi connectivity index (χ1v) is 16.7. The van der Waals surface area contributed by atoms with Crippen LogP contribution in [0.2, 0.25) is 0 Å². The van der Waals surface area contributed by atoms with E-state index in [0.29, 0.717) is 32.0 Å². The zero-order chi connectivity index (χ0) is 33.0. The van der Waals surface area contributed by atoms with Gasteiger partial charge in [0.25, 0.3) is 5.91 Å². The molecule has 0 saturated heterocycles. The Morgan fingerprint density at radius 3 is 2.05 bits per heavy atom. The minimum atomic E-state index is -0.801. The molecule has 0 unspecified atom stereocenters. The van der Waals surface area contributed by atoms with Crippen molar-refractivity contribution < 1.29 is 18.9 Å². The third-order valence-corrected chi connectivity index (χ3v) is 6.36. The highest BCUT2D eigenvalue weighted by molar-refractivity contribution is 6.47. The molecule has 2 amide bonds. The molecule has 248 valence electrons. The molecule has 2 atom stereocenters. The van der Waals surface area contributed by atoms with Gasteiger partial charge in [0.1, 0.15) is 11.7 Å². The summed E-state index contributed by atoms with van der Waals surface area (Å²) in [6.45, 7) is 16.4. The Bertz CT molecular complexity index is 939. The van der Waals surface area contributed by atoms with Crippen LogP contribution < -0.4 is 16.4 Å². The molecule has 9 nitrogen and oxygen atoms in total. The first-order chi connectivity index (χ1) is 21.4. The molecule has 0 radical (unpaired) electrons. The second-order valence-corrected chi connectivity index (χ2v) is 10.9. The molecule has 0 bridgehead atoms. The minimum Gasteiger partial charge on any atom is -0.410 e. The first kappa shape index (κ1) is 41.2. The molecule has 1 aromatic carbocycles. The molecule has 1 aromatic heterocycles. The van der Waals surface area contributed by atoms with Crippen molar-refractivity contribution in [1.82, 2.24) is 20.6 Å². The number of amides is 2. The van der Waals surface area contributed by atoms with Crippen molar-refractivity contribution in [2.45, 2.75) is 118 Å². The maximum Gasteiger partial charge on any atom is 0.480 e. The lowest BCUT2D eigenvalue weighted by Gasteiger charge is -2.28. The number of rotatable bonds is 20. The molecule has 0 aliphatic heterocycles. The Hall–Kier alpha value is -2.82. The number of unbranched alkanes of at least 4 members (excludes halogenated alkanes) is 4. The maximum atomic E-state index is 13.5. The number of hydrogen-bond donors (Lipinski definition) is 3. The fourth-order valence-corrected chi connectivity index (χ4v) is 4.23. The Kier molecular flexibility index (Phi) is 25.9. The van der Waals surface area contributed by atoms with E-state index in [1.807, 2.05) is 58.0 Å². The highest BCUT2D eigenvalue weighted by atomic mass is 16.6. The number of nitrogens with zero attached hydrogens (tertiary/aromatic N) is 2. The first-order valence-electron chi connectivity index (χ1n) is 16.7. The van der Waals surface area contributed by atoms with Crippen LogP contribution in [0.3, 0.4) is 0 Å². The van der Waals surface area contributed by atoms with E-state index in [1.54, 1.807) is 0 Å². The third-order valence-electron chi connectivity index (χ3n) is 6.36. The Balaban J connectivity index is 0.00000160. The molecule has 0 saturated carbocycles. The van der Waals surface area contributed by atoms with Crippen LogP contribution >= 0.6 is 0 Å². The molecule has 2 rings (SSSR count). The van der Waals surface area contributed by atoms with Crippen LogP contribution in [0.15, 0.2) is 48.9 Å². The van der Waals surface area contributed by atoms with Gasteiger partial charge in [-0.3, -0.25) is 14.6 Å². The van der Waals surface area contributed by atoms with Gasteiger partial charge in [0.05, 0.1) is 12.1 Å². The van der Waals surface area contributed by atoms with Crippen LogP contribution in [0.5, 0.6) is 0 Å². The van der Waals surface area contributed by atoms with Gasteiger partial charge in [-0.15, -0.1) is 0 Å². The summed E-state index contributed by atoms with van der Waals surface area (Å²) in [4.78, 5) is 34.3. The quantitative estimate of drug-likeness (QED) is 0.120. The highest BCUT2D eigenvalue weighted by Crippen LogP contribution is 2.12. The van der Waals surface area contributed by atoms with Crippen molar-refractivity contribution in [2.75, 3.05) is 19.8 Å². The highest BCUT2D eigenvalue weighted by Gasteiger charge is 2.34. The summed E-state index contributed by atoms with van der Waals surface area (Å²) < 4.78 is 11.9. The summed E-state index contributed by atoms with van der Waals surface area (Å²) in [5, 5.41) is 5.93. The monoisotopic (exact) mass is 613 g/mol. The van der Waals surface area contributed by atoms with Crippen LogP contribution in [0.25, 0.3) is 0 Å². The van der Waals surface area contributed by atoms with Crippen LogP contribution in [0.4, 0.5) is 0 Å². The number of aromatic nitrogens is 2. The summed E-state index contributed by atoms with van der Waals surface area (Å²) in [7, 11) is -0.556. The summed E-state index contributed by atoms with van der Waals surface area (Å²) >= 11 is 0. The predicted octanol–water partition coefficient (Wildman–Crippen LogP) is 6.17. The van der Waals surface area contributed by atoms with Gasteiger partial charge >= 0.3 is 7.12 Å². The van der Waals surface area contributed by atoms with E-state index in [-0.39, 0.29) is 17.5 Å². The van der Waals surface area contributed by atoms with Gasteiger partial charge in [-0.05, 0) is 43.7 Å². The number of benzene rings is 1. The zero-order valence-corrected chi connectivity index (χ0v) is 28.5. The van der Waals surface area contributed by atoms with Crippen molar-refractivity contribution in [1.29, 1.82) is 0 Å². The van der Waals surface area contributed by atoms with Crippen molar-refractivity contribution >= 4 is 18.9 Å². The van der Waals surface area contributed by atoms with E-state index in [4.69, 9.17) is 15.0 Å². The zero-order valence-electron chi connectivity index (χ0n) is 28.5. The molecular formula is C34H60BN5O4. The summed E-state index contributed by atoms with van der Waals surface area (Å²) in [6.07, 6.45) is 13.6. The maximum absolute atomic E-state index is 13.5.